The summed E-state index contributed by atoms with van der Waals surface area (Å²) in [6.07, 6.45) is 0. The van der Waals surface area contributed by atoms with Crippen molar-refractivity contribution in [2.45, 2.75) is 20.5 Å². The molecule has 0 radical (unpaired) electrons. The fourth-order valence-electron chi connectivity index (χ4n) is 2.95. The topological polar surface area (TPSA) is 104 Å². The average molecular weight is 376 g/mol. The second-order valence-electron chi connectivity index (χ2n) is 6.36. The molecule has 8 heteroatoms. The normalized spacial score (nSPS) is 10.9. The van der Waals surface area contributed by atoms with Crippen molar-refractivity contribution in [1.82, 2.24) is 15.1 Å². The molecule has 0 atom stereocenters. The van der Waals surface area contributed by atoms with E-state index in [9.17, 15) is 10.1 Å². The lowest BCUT2D eigenvalue weighted by Gasteiger charge is -2.05. The van der Waals surface area contributed by atoms with Crippen molar-refractivity contribution in [3.05, 3.63) is 75.8 Å². The maximum Gasteiger partial charge on any atom is 0.311 e. The van der Waals surface area contributed by atoms with Gasteiger partial charge in [-0.05, 0) is 37.6 Å². The van der Waals surface area contributed by atoms with Gasteiger partial charge in [0.1, 0.15) is 0 Å². The van der Waals surface area contributed by atoms with Crippen LogP contribution < -0.4 is 4.74 Å². The third-order valence-corrected chi connectivity index (χ3v) is 4.22. The Hall–Kier alpha value is -3.81. The van der Waals surface area contributed by atoms with Gasteiger partial charge in [-0.3, -0.25) is 15.1 Å². The zero-order chi connectivity index (χ0) is 19.7. The maximum absolute atomic E-state index is 11.2. The monoisotopic (exact) mass is 376 g/mol. The Morgan fingerprint density at radius 1 is 1.11 bits per heavy atom. The van der Waals surface area contributed by atoms with Crippen molar-refractivity contribution in [3.63, 3.8) is 0 Å². The first-order chi connectivity index (χ1) is 13.5. The Morgan fingerprint density at radius 2 is 1.93 bits per heavy atom. The molecule has 0 saturated carbocycles. The Morgan fingerprint density at radius 3 is 2.75 bits per heavy atom. The third-order valence-electron chi connectivity index (χ3n) is 4.22. The van der Waals surface area contributed by atoms with Crippen LogP contribution in [0.25, 0.3) is 22.3 Å². The standard InChI is InChI=1S/C20H16N4O4/c1-12-7-8-18(17(9-12)24(25)26)27-11-19-22-20(23-28-19)15-10-13(2)21-16-6-4-3-5-14(15)16/h3-10H,11H2,1-2H3. The van der Waals surface area contributed by atoms with Gasteiger partial charge >= 0.3 is 5.69 Å². The average Bonchev–Trinajstić information content (AvgIpc) is 3.15. The number of aromatic nitrogens is 3. The summed E-state index contributed by atoms with van der Waals surface area (Å²) in [6, 6.07) is 14.4. The summed E-state index contributed by atoms with van der Waals surface area (Å²) < 4.78 is 10.8. The van der Waals surface area contributed by atoms with E-state index in [0.29, 0.717) is 5.82 Å². The lowest BCUT2D eigenvalue weighted by atomic mass is 10.1. The number of pyridine rings is 1. The van der Waals surface area contributed by atoms with Gasteiger partial charge < -0.3 is 9.26 Å². The van der Waals surface area contributed by atoms with Gasteiger partial charge in [-0.2, -0.15) is 4.98 Å². The molecule has 28 heavy (non-hydrogen) atoms. The van der Waals surface area contributed by atoms with Crippen molar-refractivity contribution >= 4 is 16.6 Å². The molecule has 0 fully saturated rings. The van der Waals surface area contributed by atoms with E-state index >= 15 is 0 Å². The highest BCUT2D eigenvalue weighted by Gasteiger charge is 2.18. The fraction of sp³-hybridized carbons (Fsp3) is 0.150. The highest BCUT2D eigenvalue weighted by molar-refractivity contribution is 5.92. The lowest BCUT2D eigenvalue weighted by Crippen LogP contribution is -2.00. The minimum absolute atomic E-state index is 0.0705. The first-order valence-electron chi connectivity index (χ1n) is 8.58. The molecule has 0 aliphatic rings. The summed E-state index contributed by atoms with van der Waals surface area (Å²) in [6.45, 7) is 3.61. The Kier molecular flexibility index (Phi) is 4.44. The zero-order valence-corrected chi connectivity index (χ0v) is 15.2. The van der Waals surface area contributed by atoms with Gasteiger partial charge in [0, 0.05) is 22.7 Å². The summed E-state index contributed by atoms with van der Waals surface area (Å²) in [5.41, 5.74) is 3.16. The van der Waals surface area contributed by atoms with Crippen LogP contribution in [0.4, 0.5) is 5.69 Å². The van der Waals surface area contributed by atoms with Gasteiger partial charge in [-0.1, -0.05) is 29.4 Å². The first-order valence-corrected chi connectivity index (χ1v) is 8.58. The molecule has 140 valence electrons. The molecule has 4 rings (SSSR count). The Labute approximate surface area is 159 Å². The summed E-state index contributed by atoms with van der Waals surface area (Å²) in [4.78, 5) is 19.6. The van der Waals surface area contributed by atoms with Gasteiger partial charge in [-0.25, -0.2) is 0 Å². The smallest absolute Gasteiger partial charge is 0.311 e. The number of fused-ring (bicyclic) bond motifs is 1. The fourth-order valence-corrected chi connectivity index (χ4v) is 2.95. The number of benzene rings is 2. The van der Waals surface area contributed by atoms with Crippen LogP contribution in [-0.4, -0.2) is 20.0 Å². The van der Waals surface area contributed by atoms with Crippen molar-refractivity contribution in [2.75, 3.05) is 0 Å². The molecular formula is C20H16N4O4. The molecule has 0 unspecified atom stereocenters. The molecule has 0 amide bonds. The first kappa shape index (κ1) is 17.6. The van der Waals surface area contributed by atoms with Gasteiger partial charge in [0.2, 0.25) is 5.82 Å². The van der Waals surface area contributed by atoms with Crippen LogP contribution in [0.1, 0.15) is 17.1 Å². The van der Waals surface area contributed by atoms with Crippen molar-refractivity contribution in [1.29, 1.82) is 0 Å². The van der Waals surface area contributed by atoms with Crippen molar-refractivity contribution in [2.24, 2.45) is 0 Å². The number of nitro benzene ring substituents is 1. The van der Waals surface area contributed by atoms with E-state index in [2.05, 4.69) is 15.1 Å². The second-order valence-corrected chi connectivity index (χ2v) is 6.36. The molecule has 0 bridgehead atoms. The minimum Gasteiger partial charge on any atom is -0.477 e. The highest BCUT2D eigenvalue weighted by atomic mass is 16.6. The second kappa shape index (κ2) is 7.07. The molecule has 4 aromatic rings. The number of para-hydroxylation sites is 1. The lowest BCUT2D eigenvalue weighted by molar-refractivity contribution is -0.386. The van der Waals surface area contributed by atoms with Gasteiger partial charge in [0.25, 0.3) is 5.89 Å². The number of hydrogen-bond donors (Lipinski definition) is 0. The number of nitrogens with zero attached hydrogens (tertiary/aromatic N) is 4. The number of ether oxygens (including phenoxy) is 1. The van der Waals surface area contributed by atoms with Gasteiger partial charge in [-0.15, -0.1) is 0 Å². The summed E-state index contributed by atoms with van der Waals surface area (Å²) >= 11 is 0. The molecule has 2 aromatic heterocycles. The van der Waals surface area contributed by atoms with E-state index in [1.165, 1.54) is 6.07 Å². The quantitative estimate of drug-likeness (QED) is 0.376. The molecule has 2 heterocycles. The van der Waals surface area contributed by atoms with E-state index in [1.54, 1.807) is 19.1 Å². The zero-order valence-electron chi connectivity index (χ0n) is 15.2. The highest BCUT2D eigenvalue weighted by Crippen LogP contribution is 2.29. The molecule has 0 aliphatic carbocycles. The Balaban J connectivity index is 1.61. The van der Waals surface area contributed by atoms with E-state index in [0.717, 1.165) is 27.7 Å². The van der Waals surface area contributed by atoms with Crippen LogP contribution in [-0.2, 0) is 6.61 Å². The summed E-state index contributed by atoms with van der Waals surface area (Å²) in [5.74, 6) is 0.794. The van der Waals surface area contributed by atoms with Gasteiger partial charge in [0.05, 0.1) is 10.4 Å². The molecule has 0 saturated heterocycles. The predicted octanol–water partition coefficient (Wildman–Crippen LogP) is 4.39. The van der Waals surface area contributed by atoms with Crippen LogP contribution in [0.2, 0.25) is 0 Å². The molecule has 2 aromatic carbocycles. The molecule has 0 aliphatic heterocycles. The van der Waals surface area contributed by atoms with Crippen LogP contribution >= 0.6 is 0 Å². The SMILES string of the molecule is Cc1ccc(OCc2nc(-c3cc(C)nc4ccccc34)no2)c([N+](=O)[O-])c1. The van der Waals surface area contributed by atoms with E-state index in [4.69, 9.17) is 9.26 Å². The van der Waals surface area contributed by atoms with Crippen LogP contribution in [0.15, 0.2) is 53.1 Å². The molecule has 0 spiro atoms. The Bertz CT molecular complexity index is 1190. The van der Waals surface area contributed by atoms with Gasteiger partial charge in [0.15, 0.2) is 12.4 Å². The van der Waals surface area contributed by atoms with Crippen LogP contribution in [0.5, 0.6) is 5.75 Å². The largest absolute Gasteiger partial charge is 0.477 e. The van der Waals surface area contributed by atoms with Crippen molar-refractivity contribution < 1.29 is 14.2 Å². The van der Waals surface area contributed by atoms with E-state index < -0.39 is 4.92 Å². The molecular weight excluding hydrogens is 360 g/mol. The van der Waals surface area contributed by atoms with Crippen LogP contribution in [0.3, 0.4) is 0 Å². The summed E-state index contributed by atoms with van der Waals surface area (Å²) in [5, 5.41) is 16.1. The number of hydrogen-bond acceptors (Lipinski definition) is 7. The van der Waals surface area contributed by atoms with E-state index in [-0.39, 0.29) is 23.9 Å². The summed E-state index contributed by atoms with van der Waals surface area (Å²) in [7, 11) is 0. The van der Waals surface area contributed by atoms with Crippen molar-refractivity contribution in [3.8, 4) is 17.1 Å². The maximum atomic E-state index is 11.2. The number of nitro groups is 1. The molecule has 8 nitrogen and oxygen atoms in total. The minimum atomic E-state index is -0.479. The predicted molar refractivity (Wildman–Crippen MR) is 102 cm³/mol. The van der Waals surface area contributed by atoms with E-state index in [1.807, 2.05) is 37.3 Å². The molecule has 0 N–H and O–H groups in total. The number of rotatable bonds is 5. The number of aryl methyl sites for hydroxylation is 2. The van der Waals surface area contributed by atoms with Crippen LogP contribution in [0, 0.1) is 24.0 Å². The third kappa shape index (κ3) is 3.39.